The van der Waals surface area contributed by atoms with Gasteiger partial charge in [0.2, 0.25) is 6.41 Å². The number of pyridine rings is 1. The van der Waals surface area contributed by atoms with Gasteiger partial charge in [-0.3, -0.25) is 14.6 Å². The van der Waals surface area contributed by atoms with Gasteiger partial charge in [-0.05, 0) is 23.8 Å². The van der Waals surface area contributed by atoms with Crippen LogP contribution in [0.2, 0.25) is 0 Å². The highest BCUT2D eigenvalue weighted by atomic mass is 16.5. The molecule has 0 unspecified atom stereocenters. The molecule has 0 radical (unpaired) electrons. The third-order valence-corrected chi connectivity index (χ3v) is 2.74. The van der Waals surface area contributed by atoms with Crippen LogP contribution in [0.4, 0.5) is 0 Å². The van der Waals surface area contributed by atoms with Crippen LogP contribution in [0.5, 0.6) is 11.5 Å². The van der Waals surface area contributed by atoms with E-state index in [4.69, 9.17) is 4.74 Å². The van der Waals surface area contributed by atoms with Gasteiger partial charge in [-0.1, -0.05) is 12.1 Å². The van der Waals surface area contributed by atoms with E-state index in [1.54, 1.807) is 31.3 Å². The number of carbonyl (C=O) groups is 2. The van der Waals surface area contributed by atoms with Gasteiger partial charge in [-0.25, -0.2) is 0 Å². The number of amides is 2. The summed E-state index contributed by atoms with van der Waals surface area (Å²) in [6.07, 6.45) is 2.17. The molecule has 2 rings (SSSR count). The Balaban J connectivity index is 2.07. The topological polar surface area (TPSA) is 80.3 Å². The Morgan fingerprint density at radius 2 is 2.00 bits per heavy atom. The lowest BCUT2D eigenvalue weighted by Crippen LogP contribution is -2.18. The molecule has 0 saturated carbocycles. The number of hydrogen-bond donors (Lipinski definition) is 2. The monoisotopic (exact) mass is 285 g/mol. The number of carbonyl (C=O) groups excluding carboxylic acids is 2. The van der Waals surface area contributed by atoms with E-state index in [2.05, 4.69) is 15.6 Å². The molecule has 0 saturated heterocycles. The lowest BCUT2D eigenvalue weighted by atomic mass is 10.2. The molecule has 0 fully saturated rings. The second kappa shape index (κ2) is 7.04. The fraction of sp³-hybridized carbons (Fsp3) is 0.133. The van der Waals surface area contributed by atoms with Gasteiger partial charge < -0.3 is 15.4 Å². The number of hydrogen-bond acceptors (Lipinski definition) is 4. The van der Waals surface area contributed by atoms with Crippen molar-refractivity contribution >= 4 is 12.3 Å². The van der Waals surface area contributed by atoms with Crippen LogP contribution in [0.25, 0.3) is 0 Å². The molecule has 21 heavy (non-hydrogen) atoms. The maximum absolute atomic E-state index is 11.5. The van der Waals surface area contributed by atoms with Crippen LogP contribution in [0.3, 0.4) is 0 Å². The van der Waals surface area contributed by atoms with Crippen LogP contribution >= 0.6 is 0 Å². The zero-order chi connectivity index (χ0) is 15.1. The van der Waals surface area contributed by atoms with E-state index in [1.807, 2.05) is 12.1 Å². The number of rotatable bonds is 6. The van der Waals surface area contributed by atoms with Crippen molar-refractivity contribution in [1.82, 2.24) is 15.6 Å². The summed E-state index contributed by atoms with van der Waals surface area (Å²) in [5.74, 6) is 0.900. The molecule has 0 aliphatic carbocycles. The van der Waals surface area contributed by atoms with E-state index in [1.165, 1.54) is 6.20 Å². The Bertz CT molecular complexity index is 626. The molecule has 1 aromatic carbocycles. The standard InChI is InChI=1S/C15H15N3O3/c1-16-15(20)14-8-13(6-7-18-14)21-12-4-2-11(3-5-12)9-17-10-19/h2-8,10H,9H2,1H3,(H,16,20)(H,17,19). The molecular weight excluding hydrogens is 270 g/mol. The Labute approximate surface area is 122 Å². The first kappa shape index (κ1) is 14.5. The molecule has 2 N–H and O–H groups in total. The first-order valence-electron chi connectivity index (χ1n) is 6.35. The minimum Gasteiger partial charge on any atom is -0.457 e. The summed E-state index contributed by atoms with van der Waals surface area (Å²) >= 11 is 0. The van der Waals surface area contributed by atoms with Crippen molar-refractivity contribution < 1.29 is 14.3 Å². The number of aromatic nitrogens is 1. The maximum Gasteiger partial charge on any atom is 0.269 e. The molecule has 0 atom stereocenters. The second-order valence-electron chi connectivity index (χ2n) is 4.20. The highest BCUT2D eigenvalue weighted by Crippen LogP contribution is 2.21. The molecule has 1 heterocycles. The summed E-state index contributed by atoms with van der Waals surface area (Å²) in [5, 5.41) is 5.09. The van der Waals surface area contributed by atoms with Crippen molar-refractivity contribution in [2.45, 2.75) is 6.54 Å². The van der Waals surface area contributed by atoms with E-state index in [0.29, 0.717) is 30.1 Å². The van der Waals surface area contributed by atoms with Gasteiger partial charge in [0.1, 0.15) is 17.2 Å². The summed E-state index contributed by atoms with van der Waals surface area (Å²) in [7, 11) is 1.55. The number of nitrogens with one attached hydrogen (secondary N) is 2. The number of nitrogens with zero attached hydrogens (tertiary/aromatic N) is 1. The summed E-state index contributed by atoms with van der Waals surface area (Å²) in [6, 6.07) is 10.5. The van der Waals surface area contributed by atoms with E-state index in [-0.39, 0.29) is 5.91 Å². The fourth-order valence-electron chi connectivity index (χ4n) is 1.70. The molecule has 6 heteroatoms. The smallest absolute Gasteiger partial charge is 0.269 e. The van der Waals surface area contributed by atoms with E-state index in [0.717, 1.165) is 5.56 Å². The van der Waals surface area contributed by atoms with Crippen molar-refractivity contribution in [3.8, 4) is 11.5 Å². The molecule has 2 aromatic rings. The highest BCUT2D eigenvalue weighted by molar-refractivity contribution is 5.92. The SMILES string of the molecule is CNC(=O)c1cc(Oc2ccc(CNC=O)cc2)ccn1. The zero-order valence-corrected chi connectivity index (χ0v) is 11.5. The third-order valence-electron chi connectivity index (χ3n) is 2.74. The van der Waals surface area contributed by atoms with Crippen molar-refractivity contribution in [3.63, 3.8) is 0 Å². The predicted molar refractivity (Wildman–Crippen MR) is 77.0 cm³/mol. The third kappa shape index (κ3) is 4.04. The Hall–Kier alpha value is -2.89. The Kier molecular flexibility index (Phi) is 4.87. The van der Waals surface area contributed by atoms with E-state index < -0.39 is 0 Å². The van der Waals surface area contributed by atoms with E-state index >= 15 is 0 Å². The van der Waals surface area contributed by atoms with Crippen molar-refractivity contribution in [2.75, 3.05) is 7.05 Å². The molecule has 0 spiro atoms. The van der Waals surface area contributed by atoms with Crippen LogP contribution in [0, 0.1) is 0 Å². The summed E-state index contributed by atoms with van der Waals surface area (Å²) in [6.45, 7) is 0.472. The van der Waals surface area contributed by atoms with Gasteiger partial charge in [-0.15, -0.1) is 0 Å². The molecule has 0 bridgehead atoms. The van der Waals surface area contributed by atoms with Crippen LogP contribution < -0.4 is 15.4 Å². The van der Waals surface area contributed by atoms with Gasteiger partial charge in [0.05, 0.1) is 0 Å². The average Bonchev–Trinajstić information content (AvgIpc) is 2.53. The first-order valence-corrected chi connectivity index (χ1v) is 6.35. The lowest BCUT2D eigenvalue weighted by Gasteiger charge is -2.07. The second-order valence-corrected chi connectivity index (χ2v) is 4.20. The van der Waals surface area contributed by atoms with Crippen LogP contribution in [0.1, 0.15) is 16.1 Å². The summed E-state index contributed by atoms with van der Waals surface area (Å²) < 4.78 is 5.66. The molecule has 1 aromatic heterocycles. The molecule has 108 valence electrons. The highest BCUT2D eigenvalue weighted by Gasteiger charge is 2.06. The Morgan fingerprint density at radius 3 is 2.67 bits per heavy atom. The lowest BCUT2D eigenvalue weighted by molar-refractivity contribution is -0.109. The zero-order valence-electron chi connectivity index (χ0n) is 11.5. The van der Waals surface area contributed by atoms with Crippen molar-refractivity contribution in [2.24, 2.45) is 0 Å². The van der Waals surface area contributed by atoms with Gasteiger partial charge in [0.15, 0.2) is 0 Å². The first-order chi connectivity index (χ1) is 10.2. The number of benzene rings is 1. The summed E-state index contributed by atoms with van der Waals surface area (Å²) in [4.78, 5) is 25.7. The molecule has 6 nitrogen and oxygen atoms in total. The largest absolute Gasteiger partial charge is 0.457 e. The molecule has 2 amide bonds. The minimum atomic E-state index is -0.268. The van der Waals surface area contributed by atoms with Gasteiger partial charge in [0, 0.05) is 25.9 Å². The van der Waals surface area contributed by atoms with Crippen LogP contribution in [-0.4, -0.2) is 24.3 Å². The predicted octanol–water partition coefficient (Wildman–Crippen LogP) is 1.48. The maximum atomic E-state index is 11.5. The van der Waals surface area contributed by atoms with Crippen LogP contribution in [-0.2, 0) is 11.3 Å². The van der Waals surface area contributed by atoms with Gasteiger partial charge in [0.25, 0.3) is 5.91 Å². The summed E-state index contributed by atoms with van der Waals surface area (Å²) in [5.41, 5.74) is 1.26. The number of ether oxygens (including phenoxy) is 1. The quantitative estimate of drug-likeness (QED) is 0.788. The van der Waals surface area contributed by atoms with Gasteiger partial charge >= 0.3 is 0 Å². The van der Waals surface area contributed by atoms with Crippen molar-refractivity contribution in [3.05, 3.63) is 53.9 Å². The van der Waals surface area contributed by atoms with Crippen LogP contribution in [0.15, 0.2) is 42.6 Å². The fourth-order valence-corrected chi connectivity index (χ4v) is 1.70. The molecule has 0 aliphatic rings. The molecule has 0 aliphatic heterocycles. The molecular formula is C15H15N3O3. The van der Waals surface area contributed by atoms with Gasteiger partial charge in [-0.2, -0.15) is 0 Å². The Morgan fingerprint density at radius 1 is 1.24 bits per heavy atom. The average molecular weight is 285 g/mol. The van der Waals surface area contributed by atoms with Crippen molar-refractivity contribution in [1.29, 1.82) is 0 Å². The normalized spacial score (nSPS) is 9.76. The van der Waals surface area contributed by atoms with E-state index in [9.17, 15) is 9.59 Å². The minimum absolute atomic E-state index is 0.268.